The minimum atomic E-state index is -0.217. The maximum absolute atomic E-state index is 11.4. The van der Waals surface area contributed by atoms with Crippen LogP contribution in [-0.4, -0.2) is 49.8 Å². The van der Waals surface area contributed by atoms with E-state index in [1.54, 1.807) is 7.05 Å². The van der Waals surface area contributed by atoms with Crippen molar-refractivity contribution in [1.82, 2.24) is 15.5 Å². The Morgan fingerprint density at radius 2 is 1.87 bits per heavy atom. The predicted molar refractivity (Wildman–Crippen MR) is 55.0 cm³/mol. The summed E-state index contributed by atoms with van der Waals surface area (Å²) in [7, 11) is 3.06. The van der Waals surface area contributed by atoms with Crippen LogP contribution in [0.5, 0.6) is 0 Å². The molecule has 0 aromatic rings. The highest BCUT2D eigenvalue weighted by molar-refractivity contribution is 5.84. The van der Waals surface area contributed by atoms with Crippen molar-refractivity contribution in [2.75, 3.05) is 27.2 Å². The van der Waals surface area contributed by atoms with Crippen LogP contribution in [0.25, 0.3) is 0 Å². The standard InChI is InChI=1S/C9H17N3O3/c1-7(13)11-5-4-9(15)12(3)6-8(14)10-2/h4-6H2,1-3H3,(H,10,14)(H,11,13). The fourth-order valence-corrected chi connectivity index (χ4v) is 0.919. The summed E-state index contributed by atoms with van der Waals surface area (Å²) in [5.41, 5.74) is 0. The van der Waals surface area contributed by atoms with Gasteiger partial charge in [0, 0.05) is 34.0 Å². The van der Waals surface area contributed by atoms with Crippen molar-refractivity contribution >= 4 is 17.7 Å². The average Bonchev–Trinajstić information content (AvgIpc) is 2.16. The van der Waals surface area contributed by atoms with Crippen LogP contribution >= 0.6 is 0 Å². The largest absolute Gasteiger partial charge is 0.358 e. The summed E-state index contributed by atoms with van der Waals surface area (Å²) in [6.45, 7) is 1.72. The third-order valence-electron chi connectivity index (χ3n) is 1.80. The normalized spacial score (nSPS) is 9.27. The van der Waals surface area contributed by atoms with Gasteiger partial charge in [0.25, 0.3) is 0 Å². The lowest BCUT2D eigenvalue weighted by molar-refractivity contribution is -0.134. The topological polar surface area (TPSA) is 78.5 Å². The van der Waals surface area contributed by atoms with Crippen molar-refractivity contribution in [2.45, 2.75) is 13.3 Å². The van der Waals surface area contributed by atoms with Crippen molar-refractivity contribution in [3.05, 3.63) is 0 Å². The first-order chi connectivity index (χ1) is 6.97. The van der Waals surface area contributed by atoms with Crippen molar-refractivity contribution in [1.29, 1.82) is 0 Å². The van der Waals surface area contributed by atoms with E-state index in [1.165, 1.54) is 18.9 Å². The van der Waals surface area contributed by atoms with E-state index in [4.69, 9.17) is 0 Å². The van der Waals surface area contributed by atoms with Gasteiger partial charge in [-0.15, -0.1) is 0 Å². The molecule has 0 heterocycles. The number of amides is 3. The van der Waals surface area contributed by atoms with E-state index in [2.05, 4.69) is 10.6 Å². The third-order valence-corrected chi connectivity index (χ3v) is 1.80. The first-order valence-electron chi connectivity index (χ1n) is 4.66. The molecule has 0 unspecified atom stereocenters. The number of carbonyl (C=O) groups excluding carboxylic acids is 3. The Morgan fingerprint density at radius 3 is 2.33 bits per heavy atom. The van der Waals surface area contributed by atoms with Crippen LogP contribution in [0, 0.1) is 0 Å². The van der Waals surface area contributed by atoms with Gasteiger partial charge in [0.05, 0.1) is 6.54 Å². The number of carbonyl (C=O) groups is 3. The minimum Gasteiger partial charge on any atom is -0.358 e. The van der Waals surface area contributed by atoms with Crippen LogP contribution in [0.4, 0.5) is 0 Å². The summed E-state index contributed by atoms with van der Waals surface area (Å²) >= 11 is 0. The van der Waals surface area contributed by atoms with Gasteiger partial charge >= 0.3 is 0 Å². The van der Waals surface area contributed by atoms with E-state index in [-0.39, 0.29) is 30.7 Å². The van der Waals surface area contributed by atoms with Crippen molar-refractivity contribution < 1.29 is 14.4 Å². The fraction of sp³-hybridized carbons (Fsp3) is 0.667. The molecule has 15 heavy (non-hydrogen) atoms. The van der Waals surface area contributed by atoms with Gasteiger partial charge < -0.3 is 15.5 Å². The van der Waals surface area contributed by atoms with Gasteiger partial charge in [-0.2, -0.15) is 0 Å². The number of likely N-dealkylation sites (N-methyl/N-ethyl adjacent to an activating group) is 2. The molecule has 0 aliphatic heterocycles. The molecule has 0 atom stereocenters. The van der Waals surface area contributed by atoms with E-state index in [0.29, 0.717) is 6.54 Å². The summed E-state index contributed by atoms with van der Waals surface area (Å²) in [6, 6.07) is 0. The van der Waals surface area contributed by atoms with Gasteiger partial charge in [-0.1, -0.05) is 0 Å². The molecule has 2 N–H and O–H groups in total. The summed E-state index contributed by atoms with van der Waals surface area (Å²) in [5, 5.41) is 4.93. The van der Waals surface area contributed by atoms with Crippen LogP contribution in [-0.2, 0) is 14.4 Å². The van der Waals surface area contributed by atoms with Crippen LogP contribution in [0.15, 0.2) is 0 Å². The molecule has 0 aliphatic rings. The molecule has 6 nitrogen and oxygen atoms in total. The van der Waals surface area contributed by atoms with E-state index >= 15 is 0 Å². The monoisotopic (exact) mass is 215 g/mol. The van der Waals surface area contributed by atoms with Crippen LogP contribution in [0.3, 0.4) is 0 Å². The Bertz CT molecular complexity index is 253. The predicted octanol–water partition coefficient (Wildman–Crippen LogP) is -1.28. The SMILES string of the molecule is CNC(=O)CN(C)C(=O)CCNC(C)=O. The molecule has 0 radical (unpaired) electrons. The van der Waals surface area contributed by atoms with Crippen molar-refractivity contribution in [3.8, 4) is 0 Å². The minimum absolute atomic E-state index is 0.0371. The second-order valence-electron chi connectivity index (χ2n) is 3.16. The molecule has 0 aromatic carbocycles. The van der Waals surface area contributed by atoms with E-state index < -0.39 is 0 Å². The highest BCUT2D eigenvalue weighted by Crippen LogP contribution is 1.89. The summed E-state index contributed by atoms with van der Waals surface area (Å²) in [6.07, 6.45) is 0.201. The zero-order valence-corrected chi connectivity index (χ0v) is 9.29. The second kappa shape index (κ2) is 6.80. The zero-order chi connectivity index (χ0) is 11.8. The molecule has 0 saturated heterocycles. The van der Waals surface area contributed by atoms with Crippen LogP contribution in [0.2, 0.25) is 0 Å². The third kappa shape index (κ3) is 6.48. The van der Waals surface area contributed by atoms with Crippen molar-refractivity contribution in [3.63, 3.8) is 0 Å². The van der Waals surface area contributed by atoms with Crippen LogP contribution < -0.4 is 10.6 Å². The molecule has 86 valence electrons. The lowest BCUT2D eigenvalue weighted by atomic mass is 10.3. The molecule has 3 amide bonds. The molecule has 0 aliphatic carbocycles. The highest BCUT2D eigenvalue weighted by atomic mass is 16.2. The number of nitrogens with zero attached hydrogens (tertiary/aromatic N) is 1. The highest BCUT2D eigenvalue weighted by Gasteiger charge is 2.11. The maximum Gasteiger partial charge on any atom is 0.239 e. The molecule has 0 aromatic heterocycles. The number of hydrogen-bond donors (Lipinski definition) is 2. The quantitative estimate of drug-likeness (QED) is 0.599. The van der Waals surface area contributed by atoms with Crippen molar-refractivity contribution in [2.24, 2.45) is 0 Å². The van der Waals surface area contributed by atoms with Gasteiger partial charge in [0.15, 0.2) is 0 Å². The Balaban J connectivity index is 3.79. The van der Waals surface area contributed by atoms with E-state index in [9.17, 15) is 14.4 Å². The van der Waals surface area contributed by atoms with Gasteiger partial charge in [-0.25, -0.2) is 0 Å². The number of rotatable bonds is 5. The summed E-state index contributed by atoms with van der Waals surface area (Å²) in [5.74, 6) is -0.561. The second-order valence-corrected chi connectivity index (χ2v) is 3.16. The van der Waals surface area contributed by atoms with Gasteiger partial charge in [0.1, 0.15) is 0 Å². The molecule has 0 saturated carbocycles. The zero-order valence-electron chi connectivity index (χ0n) is 9.29. The number of hydrogen-bond acceptors (Lipinski definition) is 3. The molecule has 0 rings (SSSR count). The van der Waals surface area contributed by atoms with E-state index in [1.807, 2.05) is 0 Å². The smallest absolute Gasteiger partial charge is 0.239 e. The average molecular weight is 215 g/mol. The molecule has 0 bridgehead atoms. The first kappa shape index (κ1) is 13.4. The van der Waals surface area contributed by atoms with Gasteiger partial charge in [0.2, 0.25) is 17.7 Å². The van der Waals surface area contributed by atoms with Gasteiger partial charge in [-0.3, -0.25) is 14.4 Å². The lowest BCUT2D eigenvalue weighted by Gasteiger charge is -2.15. The van der Waals surface area contributed by atoms with Gasteiger partial charge in [-0.05, 0) is 0 Å². The summed E-state index contributed by atoms with van der Waals surface area (Å²) < 4.78 is 0. The number of nitrogens with one attached hydrogen (secondary N) is 2. The molecule has 0 fully saturated rings. The Hall–Kier alpha value is -1.59. The Kier molecular flexibility index (Phi) is 6.08. The lowest BCUT2D eigenvalue weighted by Crippen LogP contribution is -2.38. The molecule has 6 heteroatoms. The Labute approximate surface area is 89.0 Å². The molecule has 0 spiro atoms. The fourth-order valence-electron chi connectivity index (χ4n) is 0.919. The molecular formula is C9H17N3O3. The first-order valence-corrected chi connectivity index (χ1v) is 4.66. The Morgan fingerprint density at radius 1 is 1.27 bits per heavy atom. The maximum atomic E-state index is 11.4. The summed E-state index contributed by atoms with van der Waals surface area (Å²) in [4.78, 5) is 34.1. The molecular weight excluding hydrogens is 198 g/mol. The van der Waals surface area contributed by atoms with Crippen LogP contribution in [0.1, 0.15) is 13.3 Å². The van der Waals surface area contributed by atoms with E-state index in [0.717, 1.165) is 0 Å².